The predicted molar refractivity (Wildman–Crippen MR) is 116 cm³/mol. The SMILES string of the molecule is CCNC(=O)[C@@H](CC)N(CCc1ccccc1)C(=O)COc1cccc(C)c1C. The highest BCUT2D eigenvalue weighted by Gasteiger charge is 2.28. The number of hydrogen-bond acceptors (Lipinski definition) is 3. The zero-order chi connectivity index (χ0) is 21.2. The van der Waals surface area contributed by atoms with Crippen LogP contribution in [0.1, 0.15) is 37.0 Å². The number of carbonyl (C=O) groups is 2. The summed E-state index contributed by atoms with van der Waals surface area (Å²) in [7, 11) is 0. The molecule has 29 heavy (non-hydrogen) atoms. The highest BCUT2D eigenvalue weighted by atomic mass is 16.5. The van der Waals surface area contributed by atoms with Crippen LogP contribution in [0.3, 0.4) is 0 Å². The van der Waals surface area contributed by atoms with Gasteiger partial charge in [-0.2, -0.15) is 0 Å². The lowest BCUT2D eigenvalue weighted by Gasteiger charge is -2.30. The first-order chi connectivity index (χ1) is 14.0. The summed E-state index contributed by atoms with van der Waals surface area (Å²) in [5.41, 5.74) is 3.27. The standard InChI is InChI=1S/C24H32N2O3/c1-5-21(24(28)25-6-2)26(16-15-20-12-8-7-9-13-20)23(27)17-29-22-14-10-11-18(3)19(22)4/h7-14,21H,5-6,15-17H2,1-4H3,(H,25,28)/t21-/m1/s1. The molecule has 0 unspecified atom stereocenters. The molecule has 0 aliphatic carbocycles. The Balaban J connectivity index is 2.14. The van der Waals surface area contributed by atoms with E-state index in [0.717, 1.165) is 16.7 Å². The second kappa shape index (κ2) is 11.2. The summed E-state index contributed by atoms with van der Waals surface area (Å²) < 4.78 is 5.82. The summed E-state index contributed by atoms with van der Waals surface area (Å²) in [6.07, 6.45) is 1.24. The number of rotatable bonds is 10. The van der Waals surface area contributed by atoms with Crippen LogP contribution in [0.4, 0.5) is 0 Å². The van der Waals surface area contributed by atoms with Gasteiger partial charge in [0, 0.05) is 13.1 Å². The summed E-state index contributed by atoms with van der Waals surface area (Å²) in [6.45, 7) is 8.71. The minimum Gasteiger partial charge on any atom is -0.483 e. The lowest BCUT2D eigenvalue weighted by atomic mass is 10.1. The van der Waals surface area contributed by atoms with Crippen molar-refractivity contribution in [1.82, 2.24) is 10.2 Å². The molecule has 2 amide bonds. The summed E-state index contributed by atoms with van der Waals surface area (Å²) >= 11 is 0. The Bertz CT molecular complexity index is 805. The van der Waals surface area contributed by atoms with E-state index in [-0.39, 0.29) is 18.4 Å². The van der Waals surface area contributed by atoms with Crippen molar-refractivity contribution in [2.75, 3.05) is 19.7 Å². The molecule has 0 bridgehead atoms. The van der Waals surface area contributed by atoms with Gasteiger partial charge in [0.15, 0.2) is 6.61 Å². The third-order valence-corrected chi connectivity index (χ3v) is 5.13. The third-order valence-electron chi connectivity index (χ3n) is 5.13. The van der Waals surface area contributed by atoms with Crippen LogP contribution < -0.4 is 10.1 Å². The molecule has 0 aromatic heterocycles. The fourth-order valence-corrected chi connectivity index (χ4v) is 3.29. The van der Waals surface area contributed by atoms with E-state index in [0.29, 0.717) is 31.7 Å². The molecule has 0 aliphatic heterocycles. The van der Waals surface area contributed by atoms with E-state index in [1.165, 1.54) is 0 Å². The Kier molecular flexibility index (Phi) is 8.71. The molecule has 1 atom stereocenters. The van der Waals surface area contributed by atoms with Gasteiger partial charge in [0.05, 0.1) is 0 Å². The summed E-state index contributed by atoms with van der Waals surface area (Å²) in [6, 6.07) is 15.3. The maximum atomic E-state index is 13.1. The molecule has 0 spiro atoms. The van der Waals surface area contributed by atoms with Crippen LogP contribution in [0.5, 0.6) is 5.75 Å². The third kappa shape index (κ3) is 6.34. The van der Waals surface area contributed by atoms with E-state index in [2.05, 4.69) is 5.32 Å². The van der Waals surface area contributed by atoms with Crippen molar-refractivity contribution in [3.63, 3.8) is 0 Å². The normalized spacial score (nSPS) is 11.6. The zero-order valence-electron chi connectivity index (χ0n) is 17.9. The monoisotopic (exact) mass is 396 g/mol. The molecule has 156 valence electrons. The number of carbonyl (C=O) groups excluding carboxylic acids is 2. The van der Waals surface area contributed by atoms with Gasteiger partial charge in [0.1, 0.15) is 11.8 Å². The van der Waals surface area contributed by atoms with Gasteiger partial charge >= 0.3 is 0 Å². The number of nitrogens with zero attached hydrogens (tertiary/aromatic N) is 1. The maximum Gasteiger partial charge on any atom is 0.261 e. The first-order valence-electron chi connectivity index (χ1n) is 10.3. The summed E-state index contributed by atoms with van der Waals surface area (Å²) in [5, 5.41) is 2.85. The van der Waals surface area contributed by atoms with Gasteiger partial charge in [0.25, 0.3) is 5.91 Å². The van der Waals surface area contributed by atoms with Crippen molar-refractivity contribution in [2.45, 2.75) is 46.6 Å². The van der Waals surface area contributed by atoms with E-state index in [1.807, 2.05) is 76.2 Å². The number of nitrogens with one attached hydrogen (secondary N) is 1. The highest BCUT2D eigenvalue weighted by Crippen LogP contribution is 2.21. The van der Waals surface area contributed by atoms with Crippen LogP contribution in [0.2, 0.25) is 0 Å². The van der Waals surface area contributed by atoms with E-state index in [9.17, 15) is 9.59 Å². The van der Waals surface area contributed by atoms with Gasteiger partial charge in [-0.25, -0.2) is 0 Å². The average molecular weight is 397 g/mol. The average Bonchev–Trinajstić information content (AvgIpc) is 2.72. The second-order valence-corrected chi connectivity index (χ2v) is 7.13. The Morgan fingerprint density at radius 1 is 1.03 bits per heavy atom. The van der Waals surface area contributed by atoms with Crippen LogP contribution >= 0.6 is 0 Å². The van der Waals surface area contributed by atoms with Gasteiger partial charge < -0.3 is 15.0 Å². The summed E-state index contributed by atoms with van der Waals surface area (Å²) in [4.78, 5) is 27.3. The molecule has 2 aromatic rings. The van der Waals surface area contributed by atoms with Gasteiger partial charge in [0.2, 0.25) is 5.91 Å². The fourth-order valence-electron chi connectivity index (χ4n) is 3.29. The maximum absolute atomic E-state index is 13.1. The minimum absolute atomic E-state index is 0.0883. The van der Waals surface area contributed by atoms with Crippen LogP contribution in [-0.4, -0.2) is 42.5 Å². The molecule has 1 N–H and O–H groups in total. The van der Waals surface area contributed by atoms with Crippen LogP contribution in [0.25, 0.3) is 0 Å². The molecule has 0 saturated heterocycles. The largest absolute Gasteiger partial charge is 0.483 e. The van der Waals surface area contributed by atoms with Crippen molar-refractivity contribution in [3.8, 4) is 5.75 Å². The minimum atomic E-state index is -0.506. The Morgan fingerprint density at radius 2 is 1.76 bits per heavy atom. The van der Waals surface area contributed by atoms with Gasteiger partial charge in [-0.1, -0.05) is 49.4 Å². The summed E-state index contributed by atoms with van der Waals surface area (Å²) in [5.74, 6) is 0.399. The number of amides is 2. The van der Waals surface area contributed by atoms with Crippen molar-refractivity contribution >= 4 is 11.8 Å². The van der Waals surface area contributed by atoms with Gasteiger partial charge in [-0.15, -0.1) is 0 Å². The van der Waals surface area contributed by atoms with Crippen molar-refractivity contribution < 1.29 is 14.3 Å². The quantitative estimate of drug-likeness (QED) is 0.667. The molecule has 0 fully saturated rings. The first-order valence-corrected chi connectivity index (χ1v) is 10.3. The topological polar surface area (TPSA) is 58.6 Å². The van der Waals surface area contributed by atoms with Gasteiger partial charge in [-0.05, 0) is 56.4 Å². The van der Waals surface area contributed by atoms with Crippen molar-refractivity contribution in [3.05, 3.63) is 65.2 Å². The molecule has 5 heteroatoms. The van der Waals surface area contributed by atoms with E-state index < -0.39 is 6.04 Å². The Labute approximate surface area is 174 Å². The lowest BCUT2D eigenvalue weighted by Crippen LogP contribution is -2.51. The van der Waals surface area contributed by atoms with Crippen LogP contribution in [0.15, 0.2) is 48.5 Å². The number of hydrogen-bond donors (Lipinski definition) is 1. The van der Waals surface area contributed by atoms with Crippen LogP contribution in [-0.2, 0) is 16.0 Å². The lowest BCUT2D eigenvalue weighted by molar-refractivity contribution is -0.142. The van der Waals surface area contributed by atoms with Crippen molar-refractivity contribution in [1.29, 1.82) is 0 Å². The highest BCUT2D eigenvalue weighted by molar-refractivity contribution is 5.88. The molecular weight excluding hydrogens is 364 g/mol. The molecular formula is C24H32N2O3. The number of aryl methyl sites for hydroxylation is 1. The molecule has 2 aromatic carbocycles. The zero-order valence-corrected chi connectivity index (χ0v) is 17.9. The molecule has 0 heterocycles. The molecule has 5 nitrogen and oxygen atoms in total. The number of ether oxygens (including phenoxy) is 1. The predicted octanol–water partition coefficient (Wildman–Crippen LogP) is 3.67. The van der Waals surface area contributed by atoms with E-state index in [1.54, 1.807) is 4.90 Å². The number of benzene rings is 2. The fraction of sp³-hybridized carbons (Fsp3) is 0.417. The molecule has 0 saturated carbocycles. The molecule has 0 aliphatic rings. The molecule has 2 rings (SSSR count). The Hall–Kier alpha value is -2.82. The van der Waals surface area contributed by atoms with Crippen LogP contribution in [0, 0.1) is 13.8 Å². The second-order valence-electron chi connectivity index (χ2n) is 7.13. The first kappa shape index (κ1) is 22.5. The number of likely N-dealkylation sites (N-methyl/N-ethyl adjacent to an activating group) is 1. The van der Waals surface area contributed by atoms with Gasteiger partial charge in [-0.3, -0.25) is 9.59 Å². The van der Waals surface area contributed by atoms with E-state index in [4.69, 9.17) is 4.74 Å². The van der Waals surface area contributed by atoms with E-state index >= 15 is 0 Å². The Morgan fingerprint density at radius 3 is 2.41 bits per heavy atom. The molecule has 0 radical (unpaired) electrons. The smallest absolute Gasteiger partial charge is 0.261 e. The van der Waals surface area contributed by atoms with Crippen molar-refractivity contribution in [2.24, 2.45) is 0 Å².